The number of aromatic nitrogens is 3. The van der Waals surface area contributed by atoms with E-state index in [2.05, 4.69) is 15.2 Å². The zero-order valence-electron chi connectivity index (χ0n) is 31.4. The van der Waals surface area contributed by atoms with E-state index in [1.165, 1.54) is 43.2 Å². The molecule has 3 heterocycles. The van der Waals surface area contributed by atoms with Crippen molar-refractivity contribution in [2.75, 3.05) is 20.3 Å². The number of aliphatic imine (C=N–C) groups is 1. The van der Waals surface area contributed by atoms with Crippen molar-refractivity contribution >= 4 is 33.3 Å². The van der Waals surface area contributed by atoms with Crippen LogP contribution in [0.25, 0.3) is 5.52 Å². The van der Waals surface area contributed by atoms with E-state index in [9.17, 15) is 29.0 Å². The minimum absolute atomic E-state index is 0.156. The summed E-state index contributed by atoms with van der Waals surface area (Å²) in [4.78, 5) is 27.2. The van der Waals surface area contributed by atoms with Gasteiger partial charge >= 0.3 is 21.5 Å². The van der Waals surface area contributed by atoms with Crippen molar-refractivity contribution in [3.8, 4) is 5.75 Å². The van der Waals surface area contributed by atoms with E-state index < -0.39 is 64.8 Å². The van der Waals surface area contributed by atoms with Crippen LogP contribution in [0.15, 0.2) is 84.1 Å². The van der Waals surface area contributed by atoms with E-state index in [1.807, 2.05) is 13.8 Å². The van der Waals surface area contributed by atoms with Crippen molar-refractivity contribution in [3.05, 3.63) is 95.9 Å². The predicted molar refractivity (Wildman–Crippen MR) is 202 cm³/mol. The lowest BCUT2D eigenvalue weighted by molar-refractivity contribution is -0.146. The summed E-state index contributed by atoms with van der Waals surface area (Å²) in [6, 6.07) is 18.8. The third-order valence-electron chi connectivity index (χ3n) is 9.20. The van der Waals surface area contributed by atoms with E-state index in [0.29, 0.717) is 5.56 Å². The second-order valence-corrected chi connectivity index (χ2v) is 16.2. The number of phosphoric ester groups is 1. The van der Waals surface area contributed by atoms with Gasteiger partial charge in [0.1, 0.15) is 48.7 Å². The molecule has 56 heavy (non-hydrogen) atoms. The van der Waals surface area contributed by atoms with E-state index in [1.54, 1.807) is 60.7 Å². The molecule has 0 amide bonds. The molecule has 18 nitrogen and oxygen atoms in total. The molecular weight excluding hydrogens is 770 g/mol. The first-order chi connectivity index (χ1) is 26.7. The molecule has 7 atom stereocenters. The highest BCUT2D eigenvalue weighted by atomic mass is 31.2. The summed E-state index contributed by atoms with van der Waals surface area (Å²) in [5, 5.41) is 38.5. The van der Waals surface area contributed by atoms with Crippen molar-refractivity contribution in [1.29, 1.82) is 5.41 Å². The lowest BCUT2D eigenvalue weighted by Crippen LogP contribution is -2.43. The summed E-state index contributed by atoms with van der Waals surface area (Å²) < 4.78 is 62.6. The molecule has 0 aliphatic carbocycles. The summed E-state index contributed by atoms with van der Waals surface area (Å²) >= 11 is 0. The Morgan fingerprint density at radius 1 is 1.05 bits per heavy atom. The summed E-state index contributed by atoms with van der Waals surface area (Å²) in [6.45, 7) is 4.32. The Morgan fingerprint density at radius 3 is 2.39 bits per heavy atom. The molecule has 20 heteroatoms. The van der Waals surface area contributed by atoms with Crippen LogP contribution in [0.1, 0.15) is 44.9 Å². The monoisotopic (exact) mass is 818 g/mol. The van der Waals surface area contributed by atoms with Gasteiger partial charge in [0, 0.05) is 13.3 Å². The third kappa shape index (κ3) is 10.3. The molecular formula is C36H48N6O12P2. The zero-order valence-corrected chi connectivity index (χ0v) is 33.2. The van der Waals surface area contributed by atoms with Gasteiger partial charge in [-0.25, -0.2) is 13.6 Å². The first-order valence-corrected chi connectivity index (χ1v) is 21.0. The smallest absolute Gasteiger partial charge is 0.464 e. The van der Waals surface area contributed by atoms with Crippen LogP contribution in [0.4, 0.5) is 0 Å². The molecule has 0 bridgehead atoms. The van der Waals surface area contributed by atoms with Crippen LogP contribution < -0.4 is 15.1 Å². The molecule has 5 rings (SSSR count). The summed E-state index contributed by atoms with van der Waals surface area (Å²) in [5.74, 6) is -0.330. The second kappa shape index (κ2) is 18.9. The Balaban J connectivity index is 1.33. The lowest BCUT2D eigenvalue weighted by Gasteiger charge is -2.28. The van der Waals surface area contributed by atoms with Crippen molar-refractivity contribution in [2.45, 2.75) is 76.9 Å². The molecule has 2 aromatic carbocycles. The molecule has 0 radical (unpaired) electrons. The average molecular weight is 819 g/mol. The van der Waals surface area contributed by atoms with Gasteiger partial charge < -0.3 is 29.1 Å². The fourth-order valence-corrected chi connectivity index (χ4v) is 8.08. The highest BCUT2D eigenvalue weighted by molar-refractivity contribution is 7.52. The first kappa shape index (κ1) is 43.1. The number of phosphoric acid groups is 1. The Kier molecular flexibility index (Phi) is 14.6. The SMILES string of the molecule is CCC(CC)COC(=O)[C@H](C)N[P@](=O)(OC[C@H]1O[C@@](C=NC)(c2ccc3c(=N)n(COP(=O)(O)OCc4ccccc4)cnn23)[C@H](O)[C@@H]1O)Oc1ccccc1. The standard InChI is InChI=1S/C36H48N6O12P2/c1-5-26(6-2)19-49-35(45)25(3)40-55(46,54-28-15-11-8-12-16-28)50-21-30-32(43)33(44)36(53-30,22-38-4)31-18-17-29-34(37)41(23-39-42(29)31)24-52-56(47,48)51-20-27-13-9-7-10-14-27/h7-18,22-23,25-26,30,32-33,37,43-44H,5-6,19-21,24H2,1-4H3,(H,40,46)(H,47,48)/t25-,30+,32+,33+,36-,55-/m0/s1. The number of para-hydroxylation sites is 1. The maximum Gasteiger partial charge on any atom is 0.474 e. The zero-order chi connectivity index (χ0) is 40.5. The van der Waals surface area contributed by atoms with Crippen molar-refractivity contribution in [1.82, 2.24) is 19.3 Å². The van der Waals surface area contributed by atoms with Crippen LogP contribution >= 0.6 is 15.6 Å². The molecule has 1 fully saturated rings. The van der Waals surface area contributed by atoms with Crippen LogP contribution in [-0.4, -0.2) is 86.1 Å². The van der Waals surface area contributed by atoms with Crippen molar-refractivity contribution in [2.24, 2.45) is 10.9 Å². The fourth-order valence-electron chi connectivity index (χ4n) is 5.92. The van der Waals surface area contributed by atoms with Gasteiger partial charge in [-0.15, -0.1) is 0 Å². The van der Waals surface area contributed by atoms with Gasteiger partial charge in [-0.1, -0.05) is 75.2 Å². The number of nitrogens with zero attached hydrogens (tertiary/aromatic N) is 4. The number of carbonyl (C=O) groups is 1. The molecule has 1 saturated heterocycles. The van der Waals surface area contributed by atoms with Gasteiger partial charge in [-0.05, 0) is 42.7 Å². The van der Waals surface area contributed by atoms with Gasteiger partial charge in [0.15, 0.2) is 11.1 Å². The Morgan fingerprint density at radius 2 is 1.73 bits per heavy atom. The largest absolute Gasteiger partial charge is 0.474 e. The van der Waals surface area contributed by atoms with E-state index in [0.717, 1.165) is 17.4 Å². The van der Waals surface area contributed by atoms with Gasteiger partial charge in [0.2, 0.25) is 0 Å². The summed E-state index contributed by atoms with van der Waals surface area (Å²) in [5.41, 5.74) is -1.06. The van der Waals surface area contributed by atoms with E-state index >= 15 is 0 Å². The summed E-state index contributed by atoms with van der Waals surface area (Å²) in [7, 11) is -7.47. The van der Waals surface area contributed by atoms with Crippen LogP contribution in [0, 0.1) is 11.3 Å². The van der Waals surface area contributed by atoms with Crippen molar-refractivity contribution < 1.29 is 56.6 Å². The Labute approximate surface area is 323 Å². The predicted octanol–water partition coefficient (Wildman–Crippen LogP) is 4.08. The number of hydrogen-bond acceptors (Lipinski definition) is 14. The van der Waals surface area contributed by atoms with Crippen LogP contribution in [-0.2, 0) is 55.9 Å². The first-order valence-electron chi connectivity index (χ1n) is 17.9. The maximum absolute atomic E-state index is 14.2. The van der Waals surface area contributed by atoms with Crippen molar-refractivity contribution in [3.63, 3.8) is 0 Å². The molecule has 0 saturated carbocycles. The van der Waals surface area contributed by atoms with Crippen LogP contribution in [0.3, 0.4) is 0 Å². The minimum atomic E-state index is -4.52. The number of nitrogens with one attached hydrogen (secondary N) is 2. The molecule has 0 spiro atoms. The number of aliphatic hydroxyl groups is 2. The number of aliphatic hydroxyl groups excluding tert-OH is 2. The number of rotatable bonds is 20. The molecule has 5 N–H and O–H groups in total. The highest BCUT2D eigenvalue weighted by Gasteiger charge is 2.56. The molecule has 4 aromatic rings. The Bertz CT molecular complexity index is 2100. The van der Waals surface area contributed by atoms with E-state index in [4.69, 9.17) is 33.0 Å². The van der Waals surface area contributed by atoms with Gasteiger partial charge in [-0.2, -0.15) is 10.2 Å². The maximum atomic E-state index is 14.2. The van der Waals surface area contributed by atoms with E-state index in [-0.39, 0.29) is 41.6 Å². The van der Waals surface area contributed by atoms with Crippen LogP contribution in [0.5, 0.6) is 5.75 Å². The average Bonchev–Trinajstić information content (AvgIpc) is 3.73. The minimum Gasteiger partial charge on any atom is -0.464 e. The molecule has 304 valence electrons. The number of benzene rings is 2. The molecule has 1 aliphatic rings. The topological polar surface area (TPSA) is 238 Å². The fraction of sp³-hybridized carbons (Fsp3) is 0.444. The third-order valence-corrected chi connectivity index (χ3v) is 11.7. The lowest BCUT2D eigenvalue weighted by atomic mass is 9.92. The number of hydrogen-bond donors (Lipinski definition) is 5. The number of esters is 1. The quantitative estimate of drug-likeness (QED) is 0.0480. The van der Waals surface area contributed by atoms with Crippen LogP contribution in [0.2, 0.25) is 0 Å². The normalized spacial score (nSPS) is 22.6. The molecule has 1 unspecified atom stereocenters. The van der Waals surface area contributed by atoms with Gasteiger partial charge in [-0.3, -0.25) is 33.3 Å². The second-order valence-electron chi connectivity index (χ2n) is 13.1. The highest BCUT2D eigenvalue weighted by Crippen LogP contribution is 2.47. The number of carbonyl (C=O) groups excluding carboxylic acids is 1. The number of ether oxygens (including phenoxy) is 2. The van der Waals surface area contributed by atoms with Gasteiger partial charge in [0.25, 0.3) is 0 Å². The molecule has 2 aromatic heterocycles. The number of fused-ring (bicyclic) bond motifs is 1. The van der Waals surface area contributed by atoms with Gasteiger partial charge in [0.05, 0.1) is 25.5 Å². The summed E-state index contributed by atoms with van der Waals surface area (Å²) in [6.07, 6.45) is -0.554. The molecule has 1 aliphatic heterocycles. The Hall–Kier alpha value is -4.06.